The van der Waals surface area contributed by atoms with E-state index in [2.05, 4.69) is 5.32 Å². The van der Waals surface area contributed by atoms with E-state index in [-0.39, 0.29) is 24.8 Å². The number of para-hydroxylation sites is 1. The van der Waals surface area contributed by atoms with E-state index in [9.17, 15) is 19.5 Å². The van der Waals surface area contributed by atoms with Gasteiger partial charge in [0.2, 0.25) is 11.8 Å². The molecule has 0 spiro atoms. The summed E-state index contributed by atoms with van der Waals surface area (Å²) in [6, 6.07) is 7.79. The van der Waals surface area contributed by atoms with Crippen molar-refractivity contribution in [1.82, 2.24) is 5.32 Å². The summed E-state index contributed by atoms with van der Waals surface area (Å²) in [6.07, 6.45) is 3.70. The van der Waals surface area contributed by atoms with Crippen LogP contribution in [-0.2, 0) is 20.8 Å². The Morgan fingerprint density at radius 3 is 2.58 bits per heavy atom. The Balaban J connectivity index is 1.56. The van der Waals surface area contributed by atoms with Gasteiger partial charge in [0, 0.05) is 18.7 Å². The van der Waals surface area contributed by atoms with Crippen LogP contribution in [0.5, 0.6) is 0 Å². The lowest BCUT2D eigenvalue weighted by Crippen LogP contribution is -2.46. The van der Waals surface area contributed by atoms with E-state index in [1.54, 1.807) is 4.90 Å². The molecular formula is C18H22N2O4. The van der Waals surface area contributed by atoms with Crippen LogP contribution in [0.25, 0.3) is 0 Å². The Morgan fingerprint density at radius 1 is 1.17 bits per heavy atom. The molecule has 0 unspecified atom stereocenters. The number of rotatable bonds is 5. The van der Waals surface area contributed by atoms with Crippen LogP contribution in [0.15, 0.2) is 24.3 Å². The first-order valence-corrected chi connectivity index (χ1v) is 8.40. The normalized spacial score (nSPS) is 18.2. The third-order valence-corrected chi connectivity index (χ3v) is 5.11. The van der Waals surface area contributed by atoms with Crippen molar-refractivity contribution in [2.45, 2.75) is 38.5 Å². The van der Waals surface area contributed by atoms with Gasteiger partial charge in [-0.05, 0) is 37.3 Å². The molecule has 1 aromatic carbocycles. The smallest absolute Gasteiger partial charge is 0.310 e. The number of aryl methyl sites for hydroxylation is 1. The molecule has 1 aliphatic heterocycles. The van der Waals surface area contributed by atoms with Gasteiger partial charge in [-0.2, -0.15) is 0 Å². The van der Waals surface area contributed by atoms with E-state index in [1.165, 1.54) is 0 Å². The number of nitrogens with zero attached hydrogens (tertiary/aromatic N) is 1. The number of aliphatic carboxylic acids is 1. The van der Waals surface area contributed by atoms with Crippen LogP contribution in [0, 0.1) is 5.41 Å². The highest BCUT2D eigenvalue weighted by atomic mass is 16.4. The number of carbonyl (C=O) groups is 3. The minimum atomic E-state index is -0.926. The van der Waals surface area contributed by atoms with Gasteiger partial charge in [0.15, 0.2) is 0 Å². The molecule has 6 heteroatoms. The van der Waals surface area contributed by atoms with Crippen LogP contribution < -0.4 is 10.2 Å². The Bertz CT molecular complexity index is 667. The van der Waals surface area contributed by atoms with Gasteiger partial charge in [0.05, 0.1) is 12.0 Å². The third kappa shape index (κ3) is 3.13. The zero-order chi connectivity index (χ0) is 17.2. The number of hydrogen-bond donors (Lipinski definition) is 2. The maximum absolute atomic E-state index is 12.4. The fourth-order valence-corrected chi connectivity index (χ4v) is 3.50. The van der Waals surface area contributed by atoms with Crippen molar-refractivity contribution in [3.63, 3.8) is 0 Å². The van der Waals surface area contributed by atoms with Gasteiger partial charge in [0.1, 0.15) is 0 Å². The molecule has 0 radical (unpaired) electrons. The lowest BCUT2D eigenvalue weighted by atomic mass is 9.66. The number of hydrogen-bond acceptors (Lipinski definition) is 3. The zero-order valence-electron chi connectivity index (χ0n) is 13.6. The van der Waals surface area contributed by atoms with Crippen LogP contribution in [0.3, 0.4) is 0 Å². The molecule has 0 atom stereocenters. The first-order chi connectivity index (χ1) is 11.5. The maximum Gasteiger partial charge on any atom is 0.310 e. The number of amides is 2. The van der Waals surface area contributed by atoms with E-state index in [1.807, 2.05) is 24.3 Å². The van der Waals surface area contributed by atoms with E-state index in [4.69, 9.17) is 0 Å². The average Bonchev–Trinajstić information content (AvgIpc) is 2.55. The quantitative estimate of drug-likeness (QED) is 0.861. The zero-order valence-corrected chi connectivity index (χ0v) is 13.6. The summed E-state index contributed by atoms with van der Waals surface area (Å²) in [4.78, 5) is 37.5. The molecule has 128 valence electrons. The standard InChI is InChI=1S/C18H22N2O4/c21-15(11-18(17(23)24)8-4-9-18)19-12-16(22)20-10-3-6-13-5-1-2-7-14(13)20/h1-2,5,7H,3-4,6,8-12H2,(H,19,21)(H,23,24). The van der Waals surface area contributed by atoms with E-state index >= 15 is 0 Å². The van der Waals surface area contributed by atoms with Crippen LogP contribution in [0.4, 0.5) is 5.69 Å². The largest absolute Gasteiger partial charge is 0.481 e. The summed E-state index contributed by atoms with van der Waals surface area (Å²) in [5.41, 5.74) is 1.12. The van der Waals surface area contributed by atoms with Gasteiger partial charge < -0.3 is 15.3 Å². The van der Waals surface area contributed by atoms with Gasteiger partial charge in [-0.1, -0.05) is 24.6 Å². The Kier molecular flexibility index (Phi) is 4.55. The minimum Gasteiger partial charge on any atom is -0.481 e. The molecule has 0 aromatic heterocycles. The minimum absolute atomic E-state index is 0.0494. The maximum atomic E-state index is 12.4. The molecule has 2 aliphatic rings. The summed E-state index contributed by atoms with van der Waals surface area (Å²) < 4.78 is 0. The van der Waals surface area contributed by atoms with Crippen molar-refractivity contribution in [3.05, 3.63) is 29.8 Å². The molecule has 1 saturated carbocycles. The highest BCUT2D eigenvalue weighted by Crippen LogP contribution is 2.44. The number of carbonyl (C=O) groups excluding carboxylic acids is 2. The number of benzene rings is 1. The number of carboxylic acid groups (broad SMARTS) is 1. The Hall–Kier alpha value is -2.37. The first-order valence-electron chi connectivity index (χ1n) is 8.40. The molecule has 1 aliphatic carbocycles. The summed E-state index contributed by atoms with van der Waals surface area (Å²) in [6.45, 7) is 0.549. The molecule has 2 amide bonds. The second-order valence-electron chi connectivity index (χ2n) is 6.67. The predicted molar refractivity (Wildman–Crippen MR) is 88.7 cm³/mol. The van der Waals surface area contributed by atoms with E-state index in [0.717, 1.165) is 30.5 Å². The lowest BCUT2D eigenvalue weighted by Gasteiger charge is -2.37. The van der Waals surface area contributed by atoms with Crippen LogP contribution in [0.1, 0.15) is 37.7 Å². The number of anilines is 1. The molecule has 0 saturated heterocycles. The molecule has 1 heterocycles. The fourth-order valence-electron chi connectivity index (χ4n) is 3.50. The molecular weight excluding hydrogens is 308 g/mol. The topological polar surface area (TPSA) is 86.7 Å². The van der Waals surface area contributed by atoms with Gasteiger partial charge in [-0.25, -0.2) is 0 Å². The molecule has 2 N–H and O–H groups in total. The second-order valence-corrected chi connectivity index (χ2v) is 6.67. The second kappa shape index (κ2) is 6.63. The van der Waals surface area contributed by atoms with Gasteiger partial charge in [-0.3, -0.25) is 14.4 Å². The van der Waals surface area contributed by atoms with Crippen molar-refractivity contribution >= 4 is 23.5 Å². The summed E-state index contributed by atoms with van der Waals surface area (Å²) >= 11 is 0. The summed E-state index contributed by atoms with van der Waals surface area (Å²) in [5, 5.41) is 11.9. The number of nitrogens with one attached hydrogen (secondary N) is 1. The lowest BCUT2D eigenvalue weighted by molar-refractivity contribution is -0.157. The van der Waals surface area contributed by atoms with Crippen molar-refractivity contribution < 1.29 is 19.5 Å². The SMILES string of the molecule is O=C(CC1(C(=O)O)CCC1)NCC(=O)N1CCCc2ccccc21. The molecule has 1 aromatic rings. The summed E-state index contributed by atoms with van der Waals surface area (Å²) in [7, 11) is 0. The van der Waals surface area contributed by atoms with Crippen LogP contribution in [0.2, 0.25) is 0 Å². The van der Waals surface area contributed by atoms with E-state index in [0.29, 0.717) is 19.4 Å². The third-order valence-electron chi connectivity index (χ3n) is 5.11. The molecule has 24 heavy (non-hydrogen) atoms. The average molecular weight is 330 g/mol. The van der Waals surface area contributed by atoms with Crippen molar-refractivity contribution in [1.29, 1.82) is 0 Å². The van der Waals surface area contributed by atoms with Gasteiger partial charge >= 0.3 is 5.97 Å². The van der Waals surface area contributed by atoms with Crippen LogP contribution in [-0.4, -0.2) is 36.0 Å². The van der Waals surface area contributed by atoms with Gasteiger partial charge in [0.25, 0.3) is 0 Å². The first kappa shape index (κ1) is 16.5. The van der Waals surface area contributed by atoms with Gasteiger partial charge in [-0.15, -0.1) is 0 Å². The molecule has 1 fully saturated rings. The predicted octanol–water partition coefficient (Wildman–Crippen LogP) is 1.73. The summed E-state index contributed by atoms with van der Waals surface area (Å²) in [5.74, 6) is -1.44. The Morgan fingerprint density at radius 2 is 1.92 bits per heavy atom. The van der Waals surface area contributed by atoms with Crippen LogP contribution >= 0.6 is 0 Å². The molecule has 6 nitrogen and oxygen atoms in total. The highest BCUT2D eigenvalue weighted by Gasteiger charge is 2.45. The Labute approximate surface area is 140 Å². The number of carboxylic acids is 1. The molecule has 3 rings (SSSR count). The van der Waals surface area contributed by atoms with E-state index < -0.39 is 11.4 Å². The fraction of sp³-hybridized carbons (Fsp3) is 0.500. The molecule has 0 bridgehead atoms. The van der Waals surface area contributed by atoms with Crippen molar-refractivity contribution in [2.24, 2.45) is 5.41 Å². The van der Waals surface area contributed by atoms with Crippen molar-refractivity contribution in [2.75, 3.05) is 18.0 Å². The van der Waals surface area contributed by atoms with Crippen molar-refractivity contribution in [3.8, 4) is 0 Å². The monoisotopic (exact) mass is 330 g/mol. The number of fused-ring (bicyclic) bond motifs is 1. The highest BCUT2D eigenvalue weighted by molar-refractivity contribution is 5.98.